The predicted molar refractivity (Wildman–Crippen MR) is 82.3 cm³/mol. The van der Waals surface area contributed by atoms with Crippen molar-refractivity contribution in [1.29, 1.82) is 0 Å². The number of hydrogen-bond donors (Lipinski definition) is 2. The first-order valence-electron chi connectivity index (χ1n) is 7.28. The van der Waals surface area contributed by atoms with Crippen LogP contribution in [-0.4, -0.2) is 54.5 Å². The average molecular weight is 334 g/mol. The number of halogens is 1. The number of likely N-dealkylation sites (tertiary alicyclic amines) is 1. The fourth-order valence-electron chi connectivity index (χ4n) is 3.30. The second-order valence-electron chi connectivity index (χ2n) is 6.04. The van der Waals surface area contributed by atoms with Gasteiger partial charge in [0.25, 0.3) is 0 Å². The highest BCUT2D eigenvalue weighted by Crippen LogP contribution is 2.36. The average Bonchev–Trinajstić information content (AvgIpc) is 2.74. The van der Waals surface area contributed by atoms with Gasteiger partial charge in [-0.2, -0.15) is 0 Å². The normalized spacial score (nSPS) is 24.4. The number of amides is 2. The number of nitrogens with zero attached hydrogens (tertiary/aromatic N) is 1. The molecule has 2 saturated heterocycles. The summed E-state index contributed by atoms with van der Waals surface area (Å²) in [6, 6.07) is -0.766. The highest BCUT2D eigenvalue weighted by atomic mass is 35.5. The molecule has 1 unspecified atom stereocenters. The third kappa shape index (κ3) is 3.89. The lowest BCUT2D eigenvalue weighted by molar-refractivity contribution is -0.142. The lowest BCUT2D eigenvalue weighted by atomic mass is 9.82. The summed E-state index contributed by atoms with van der Waals surface area (Å²) >= 11 is 0. The van der Waals surface area contributed by atoms with E-state index in [0.29, 0.717) is 25.9 Å². The van der Waals surface area contributed by atoms with E-state index < -0.39 is 12.0 Å². The maximum atomic E-state index is 12.1. The summed E-state index contributed by atoms with van der Waals surface area (Å²) in [5.41, 5.74) is 5.50. The van der Waals surface area contributed by atoms with Crippen LogP contribution in [0.3, 0.4) is 0 Å². The largest absolute Gasteiger partial charge is 0.468 e. The van der Waals surface area contributed by atoms with E-state index >= 15 is 0 Å². The monoisotopic (exact) mass is 333 g/mol. The molecule has 0 saturated carbocycles. The third-order valence-electron chi connectivity index (χ3n) is 4.60. The highest BCUT2D eigenvalue weighted by Gasteiger charge is 2.46. The van der Waals surface area contributed by atoms with E-state index in [2.05, 4.69) is 10.1 Å². The van der Waals surface area contributed by atoms with Crippen molar-refractivity contribution in [1.82, 2.24) is 10.2 Å². The SMILES string of the molecule is COC(=O)C(N)C[C@@H]1CC2(CCN(C(C)=O)CC2)NC1=O.Cl. The Balaban J connectivity index is 0.00000242. The molecule has 2 amide bonds. The quantitative estimate of drug-likeness (QED) is 0.697. The first kappa shape index (κ1) is 18.7. The molecular weight excluding hydrogens is 310 g/mol. The zero-order valence-electron chi connectivity index (χ0n) is 13.0. The van der Waals surface area contributed by atoms with Crippen molar-refractivity contribution >= 4 is 30.2 Å². The molecule has 8 heteroatoms. The van der Waals surface area contributed by atoms with Crippen LogP contribution >= 0.6 is 12.4 Å². The Morgan fingerprint density at radius 2 is 2.05 bits per heavy atom. The Morgan fingerprint density at radius 1 is 1.45 bits per heavy atom. The van der Waals surface area contributed by atoms with Crippen molar-refractivity contribution in [3.8, 4) is 0 Å². The molecule has 0 bridgehead atoms. The number of esters is 1. The third-order valence-corrected chi connectivity index (χ3v) is 4.60. The van der Waals surface area contributed by atoms with Gasteiger partial charge in [0, 0.05) is 31.5 Å². The van der Waals surface area contributed by atoms with Gasteiger partial charge in [0.15, 0.2) is 0 Å². The fourth-order valence-corrected chi connectivity index (χ4v) is 3.30. The summed E-state index contributed by atoms with van der Waals surface area (Å²) in [6.45, 7) is 2.88. The van der Waals surface area contributed by atoms with Crippen LogP contribution in [0.25, 0.3) is 0 Å². The molecule has 2 fully saturated rings. The molecule has 22 heavy (non-hydrogen) atoms. The molecule has 2 aliphatic rings. The summed E-state index contributed by atoms with van der Waals surface area (Å²) in [7, 11) is 1.29. The van der Waals surface area contributed by atoms with Gasteiger partial charge in [0.1, 0.15) is 6.04 Å². The summed E-state index contributed by atoms with van der Waals surface area (Å²) in [5.74, 6) is -0.734. The number of rotatable bonds is 3. The van der Waals surface area contributed by atoms with E-state index in [-0.39, 0.29) is 35.7 Å². The van der Waals surface area contributed by atoms with Gasteiger partial charge in [0.2, 0.25) is 11.8 Å². The van der Waals surface area contributed by atoms with Gasteiger partial charge >= 0.3 is 5.97 Å². The molecular formula is C14H24ClN3O4. The van der Waals surface area contributed by atoms with E-state index in [1.807, 2.05) is 0 Å². The first-order chi connectivity index (χ1) is 9.87. The number of piperidine rings is 1. The van der Waals surface area contributed by atoms with Gasteiger partial charge in [-0.15, -0.1) is 12.4 Å². The van der Waals surface area contributed by atoms with Crippen molar-refractivity contribution < 1.29 is 19.1 Å². The van der Waals surface area contributed by atoms with Crippen molar-refractivity contribution in [2.24, 2.45) is 11.7 Å². The Bertz CT molecular complexity index is 449. The van der Waals surface area contributed by atoms with Crippen LogP contribution in [0.15, 0.2) is 0 Å². The van der Waals surface area contributed by atoms with Crippen LogP contribution in [0.5, 0.6) is 0 Å². The summed E-state index contributed by atoms with van der Waals surface area (Å²) in [4.78, 5) is 36.6. The van der Waals surface area contributed by atoms with E-state index in [0.717, 1.165) is 12.8 Å². The minimum absolute atomic E-state index is 0. The van der Waals surface area contributed by atoms with Gasteiger partial charge in [-0.05, 0) is 25.7 Å². The summed E-state index contributed by atoms with van der Waals surface area (Å²) < 4.78 is 4.60. The molecule has 2 rings (SSSR count). The summed E-state index contributed by atoms with van der Waals surface area (Å²) in [5, 5.41) is 3.06. The minimum atomic E-state index is -0.766. The summed E-state index contributed by atoms with van der Waals surface area (Å²) in [6.07, 6.45) is 2.48. The number of ether oxygens (including phenoxy) is 1. The molecule has 0 radical (unpaired) electrons. The van der Waals surface area contributed by atoms with Crippen molar-refractivity contribution in [2.45, 2.75) is 44.2 Å². The fraction of sp³-hybridized carbons (Fsp3) is 0.786. The molecule has 0 aromatic heterocycles. The zero-order valence-corrected chi connectivity index (χ0v) is 13.8. The number of hydrogen-bond acceptors (Lipinski definition) is 5. The Labute approximate surface area is 136 Å². The molecule has 0 aromatic carbocycles. The second-order valence-corrected chi connectivity index (χ2v) is 6.04. The Kier molecular flexibility index (Phi) is 6.19. The van der Waals surface area contributed by atoms with Crippen molar-refractivity contribution in [3.05, 3.63) is 0 Å². The van der Waals surface area contributed by atoms with E-state index in [9.17, 15) is 14.4 Å². The van der Waals surface area contributed by atoms with Gasteiger partial charge < -0.3 is 20.7 Å². The molecule has 0 aromatic rings. The zero-order chi connectivity index (χ0) is 15.6. The molecule has 7 nitrogen and oxygen atoms in total. The lowest BCUT2D eigenvalue weighted by Gasteiger charge is -2.39. The maximum Gasteiger partial charge on any atom is 0.322 e. The number of methoxy groups -OCH3 is 1. The smallest absolute Gasteiger partial charge is 0.322 e. The lowest BCUT2D eigenvalue weighted by Crippen LogP contribution is -2.51. The van der Waals surface area contributed by atoms with Crippen LogP contribution in [0.4, 0.5) is 0 Å². The van der Waals surface area contributed by atoms with E-state index in [1.54, 1.807) is 11.8 Å². The van der Waals surface area contributed by atoms with E-state index in [4.69, 9.17) is 5.73 Å². The number of carbonyl (C=O) groups is 3. The van der Waals surface area contributed by atoms with Gasteiger partial charge in [-0.25, -0.2) is 0 Å². The van der Waals surface area contributed by atoms with Crippen molar-refractivity contribution in [3.63, 3.8) is 0 Å². The van der Waals surface area contributed by atoms with Crippen LogP contribution < -0.4 is 11.1 Å². The molecule has 1 spiro atoms. The standard InChI is InChI=1S/C14H23N3O4.ClH/c1-9(18)17-5-3-14(4-6-17)8-10(12(19)16-14)7-11(15)13(20)21-2;/h10-11H,3-8,15H2,1-2H3,(H,16,19);1H/t10-,11?;/m1./s1. The number of nitrogens with two attached hydrogens (primary N) is 1. The minimum Gasteiger partial charge on any atom is -0.468 e. The molecule has 126 valence electrons. The molecule has 2 heterocycles. The Hall–Kier alpha value is -1.34. The molecule has 2 aliphatic heterocycles. The molecule has 0 aliphatic carbocycles. The topological polar surface area (TPSA) is 102 Å². The maximum absolute atomic E-state index is 12.1. The van der Waals surface area contributed by atoms with Crippen LogP contribution in [0, 0.1) is 5.92 Å². The molecule has 3 N–H and O–H groups in total. The molecule has 2 atom stereocenters. The van der Waals surface area contributed by atoms with Crippen LogP contribution in [0.2, 0.25) is 0 Å². The van der Waals surface area contributed by atoms with Crippen LogP contribution in [0.1, 0.15) is 32.6 Å². The Morgan fingerprint density at radius 3 is 2.55 bits per heavy atom. The predicted octanol–water partition coefficient (Wildman–Crippen LogP) is -0.184. The van der Waals surface area contributed by atoms with Crippen LogP contribution in [-0.2, 0) is 19.1 Å². The van der Waals surface area contributed by atoms with Gasteiger partial charge in [0.05, 0.1) is 7.11 Å². The van der Waals surface area contributed by atoms with Gasteiger partial charge in [-0.1, -0.05) is 0 Å². The second kappa shape index (κ2) is 7.28. The van der Waals surface area contributed by atoms with Gasteiger partial charge in [-0.3, -0.25) is 14.4 Å². The van der Waals surface area contributed by atoms with E-state index in [1.165, 1.54) is 7.11 Å². The number of nitrogens with one attached hydrogen (secondary N) is 1. The van der Waals surface area contributed by atoms with Crippen molar-refractivity contribution in [2.75, 3.05) is 20.2 Å². The highest BCUT2D eigenvalue weighted by molar-refractivity contribution is 5.85. The number of carbonyl (C=O) groups excluding carboxylic acids is 3. The first-order valence-corrected chi connectivity index (χ1v) is 7.28.